The number of methoxy groups -OCH3 is 1. The van der Waals surface area contributed by atoms with Crippen LogP contribution in [0.1, 0.15) is 56.1 Å². The van der Waals surface area contributed by atoms with Crippen LogP contribution >= 0.6 is 0 Å². The number of carbonyl (C=O) groups is 1. The van der Waals surface area contributed by atoms with Gasteiger partial charge in [-0.2, -0.15) is 0 Å². The topological polar surface area (TPSA) is 72.3 Å². The number of nitrogens with zero attached hydrogens (tertiary/aromatic N) is 4. The summed E-state index contributed by atoms with van der Waals surface area (Å²) in [6.45, 7) is 4.79. The van der Waals surface area contributed by atoms with Crippen LogP contribution in [0.15, 0.2) is 0 Å². The molecule has 0 aliphatic carbocycles. The predicted octanol–water partition coefficient (Wildman–Crippen LogP) is 1.34. The van der Waals surface area contributed by atoms with E-state index in [2.05, 4.69) is 25.0 Å². The van der Waals surface area contributed by atoms with E-state index in [9.17, 15) is 4.79 Å². The number of hydrogen-bond donors (Lipinski definition) is 1. The van der Waals surface area contributed by atoms with E-state index in [4.69, 9.17) is 4.74 Å². The average Bonchev–Trinajstić information content (AvgIpc) is 2.87. The van der Waals surface area contributed by atoms with Gasteiger partial charge >= 0.3 is 0 Å². The second-order valence-corrected chi connectivity index (χ2v) is 7.21. The molecule has 1 aromatic heterocycles. The van der Waals surface area contributed by atoms with E-state index in [0.29, 0.717) is 25.6 Å². The maximum absolute atomic E-state index is 12.1. The normalized spacial score (nSPS) is 21.6. The Morgan fingerprint density at radius 2 is 2.16 bits per heavy atom. The highest BCUT2D eigenvalue weighted by atomic mass is 16.5. The Bertz CT molecular complexity index is 560. The van der Waals surface area contributed by atoms with Crippen LogP contribution in [-0.2, 0) is 22.5 Å². The van der Waals surface area contributed by atoms with Gasteiger partial charge in [-0.15, -0.1) is 10.2 Å². The van der Waals surface area contributed by atoms with E-state index in [1.807, 2.05) is 0 Å². The summed E-state index contributed by atoms with van der Waals surface area (Å²) in [6.07, 6.45) is 7.89. The van der Waals surface area contributed by atoms with Crippen LogP contribution < -0.4 is 5.32 Å². The number of rotatable bonds is 7. The summed E-state index contributed by atoms with van der Waals surface area (Å²) in [5.41, 5.74) is 0. The number of aromatic nitrogens is 3. The number of aryl methyl sites for hydroxylation is 1. The molecule has 1 fully saturated rings. The van der Waals surface area contributed by atoms with Gasteiger partial charge in [0.25, 0.3) is 0 Å². The van der Waals surface area contributed by atoms with Crippen molar-refractivity contribution in [2.75, 3.05) is 39.9 Å². The van der Waals surface area contributed by atoms with Gasteiger partial charge in [0.15, 0.2) is 0 Å². The van der Waals surface area contributed by atoms with Gasteiger partial charge in [-0.25, -0.2) is 0 Å². The fourth-order valence-electron chi connectivity index (χ4n) is 3.92. The van der Waals surface area contributed by atoms with Gasteiger partial charge in [0.1, 0.15) is 11.6 Å². The van der Waals surface area contributed by atoms with Gasteiger partial charge in [0.05, 0.1) is 6.54 Å². The highest BCUT2D eigenvalue weighted by Crippen LogP contribution is 2.27. The van der Waals surface area contributed by atoms with Crippen molar-refractivity contribution in [3.05, 3.63) is 11.6 Å². The van der Waals surface area contributed by atoms with Crippen LogP contribution in [0, 0.1) is 0 Å². The second-order valence-electron chi connectivity index (χ2n) is 7.21. The zero-order valence-corrected chi connectivity index (χ0v) is 15.4. The molecule has 3 heterocycles. The van der Waals surface area contributed by atoms with Crippen LogP contribution in [0.5, 0.6) is 0 Å². The first-order chi connectivity index (χ1) is 12.3. The number of ether oxygens (including phenoxy) is 1. The lowest BCUT2D eigenvalue weighted by Gasteiger charge is -2.31. The molecule has 2 aliphatic rings. The minimum atomic E-state index is 0.108. The molecular formula is C18H31N5O2. The van der Waals surface area contributed by atoms with Crippen molar-refractivity contribution in [1.82, 2.24) is 25.0 Å². The number of likely N-dealkylation sites (tertiary alicyclic amines) is 1. The summed E-state index contributed by atoms with van der Waals surface area (Å²) in [5, 5.41) is 11.9. The van der Waals surface area contributed by atoms with E-state index in [-0.39, 0.29) is 5.91 Å². The molecule has 0 bridgehead atoms. The van der Waals surface area contributed by atoms with E-state index in [1.165, 1.54) is 19.3 Å². The van der Waals surface area contributed by atoms with Gasteiger partial charge in [0, 0.05) is 45.7 Å². The fraction of sp³-hybridized carbons (Fsp3) is 0.833. The summed E-state index contributed by atoms with van der Waals surface area (Å²) in [5.74, 6) is 2.80. The van der Waals surface area contributed by atoms with E-state index in [0.717, 1.165) is 57.0 Å². The Hall–Kier alpha value is -1.47. The lowest BCUT2D eigenvalue weighted by molar-refractivity contribution is -0.122. The third kappa shape index (κ3) is 5.01. The number of carbonyl (C=O) groups excluding carboxylic acids is 1. The Balaban J connectivity index is 1.53. The minimum absolute atomic E-state index is 0.108. The Morgan fingerprint density at radius 3 is 3.04 bits per heavy atom. The van der Waals surface area contributed by atoms with E-state index < -0.39 is 0 Å². The Morgan fingerprint density at radius 1 is 1.24 bits per heavy atom. The first-order valence-electron chi connectivity index (χ1n) is 9.68. The zero-order valence-electron chi connectivity index (χ0n) is 15.4. The third-order valence-corrected chi connectivity index (χ3v) is 5.22. The molecule has 3 rings (SSSR count). The molecule has 1 aromatic rings. The fourth-order valence-corrected chi connectivity index (χ4v) is 3.92. The van der Waals surface area contributed by atoms with Gasteiger partial charge in [0.2, 0.25) is 5.91 Å². The number of fused-ring (bicyclic) bond motifs is 1. The van der Waals surface area contributed by atoms with Crippen molar-refractivity contribution in [2.24, 2.45) is 0 Å². The third-order valence-electron chi connectivity index (χ3n) is 5.22. The van der Waals surface area contributed by atoms with Crippen molar-refractivity contribution in [3.8, 4) is 0 Å². The molecule has 1 amide bonds. The summed E-state index contributed by atoms with van der Waals surface area (Å²) < 4.78 is 7.36. The lowest BCUT2D eigenvalue weighted by atomic mass is 9.97. The van der Waals surface area contributed by atoms with Crippen molar-refractivity contribution in [2.45, 2.75) is 57.4 Å². The molecule has 1 saturated heterocycles. The molecule has 1 unspecified atom stereocenters. The van der Waals surface area contributed by atoms with Gasteiger partial charge in [-0.05, 0) is 38.6 Å². The molecule has 0 saturated carbocycles. The Labute approximate surface area is 150 Å². The molecule has 0 aromatic carbocycles. The molecule has 1 N–H and O–H groups in total. The first kappa shape index (κ1) is 18.3. The van der Waals surface area contributed by atoms with E-state index >= 15 is 0 Å². The summed E-state index contributed by atoms with van der Waals surface area (Å²) in [4.78, 5) is 14.4. The van der Waals surface area contributed by atoms with Crippen LogP contribution in [0.25, 0.3) is 0 Å². The standard InChI is InChI=1S/C18H31N5O2/c1-25-12-6-9-19-17(24)14-22-10-5-7-15(13-22)18-21-20-16-8-3-2-4-11-23(16)18/h15H,2-14H2,1H3,(H,19,24). The van der Waals surface area contributed by atoms with Crippen LogP contribution in [0.4, 0.5) is 0 Å². The molecule has 0 spiro atoms. The smallest absolute Gasteiger partial charge is 0.234 e. The molecule has 2 aliphatic heterocycles. The minimum Gasteiger partial charge on any atom is -0.385 e. The zero-order chi connectivity index (χ0) is 17.5. The monoisotopic (exact) mass is 349 g/mol. The van der Waals surface area contributed by atoms with Crippen LogP contribution in [0.3, 0.4) is 0 Å². The molecule has 1 atom stereocenters. The lowest BCUT2D eigenvalue weighted by Crippen LogP contribution is -2.42. The second kappa shape index (κ2) is 9.29. The summed E-state index contributed by atoms with van der Waals surface area (Å²) >= 11 is 0. The molecule has 140 valence electrons. The van der Waals surface area contributed by atoms with Gasteiger partial charge in [-0.1, -0.05) is 6.42 Å². The van der Waals surface area contributed by atoms with Crippen molar-refractivity contribution in [3.63, 3.8) is 0 Å². The quantitative estimate of drug-likeness (QED) is 0.752. The highest BCUT2D eigenvalue weighted by molar-refractivity contribution is 5.77. The first-order valence-corrected chi connectivity index (χ1v) is 9.68. The summed E-state index contributed by atoms with van der Waals surface area (Å²) in [7, 11) is 1.68. The van der Waals surface area contributed by atoms with Crippen molar-refractivity contribution in [1.29, 1.82) is 0 Å². The van der Waals surface area contributed by atoms with Gasteiger partial charge < -0.3 is 14.6 Å². The number of piperidine rings is 1. The molecule has 25 heavy (non-hydrogen) atoms. The van der Waals surface area contributed by atoms with Crippen LogP contribution in [-0.4, -0.2) is 65.5 Å². The average molecular weight is 349 g/mol. The maximum Gasteiger partial charge on any atom is 0.234 e. The Kier molecular flexibility index (Phi) is 6.81. The van der Waals surface area contributed by atoms with Gasteiger partial charge in [-0.3, -0.25) is 9.69 Å². The molecule has 7 nitrogen and oxygen atoms in total. The molecular weight excluding hydrogens is 318 g/mol. The van der Waals surface area contributed by atoms with Crippen molar-refractivity contribution >= 4 is 5.91 Å². The number of hydrogen-bond acceptors (Lipinski definition) is 5. The van der Waals surface area contributed by atoms with Crippen LogP contribution in [0.2, 0.25) is 0 Å². The van der Waals surface area contributed by atoms with Crippen molar-refractivity contribution < 1.29 is 9.53 Å². The van der Waals surface area contributed by atoms with E-state index in [1.54, 1.807) is 7.11 Å². The maximum atomic E-state index is 12.1. The highest BCUT2D eigenvalue weighted by Gasteiger charge is 2.28. The SMILES string of the molecule is COCCCNC(=O)CN1CCCC(c2nnc3n2CCCCC3)C1. The largest absolute Gasteiger partial charge is 0.385 e. The summed E-state index contributed by atoms with van der Waals surface area (Å²) in [6, 6.07) is 0. The molecule has 7 heteroatoms. The number of nitrogens with one attached hydrogen (secondary N) is 1. The number of amides is 1. The predicted molar refractivity (Wildman–Crippen MR) is 95.5 cm³/mol. The molecule has 0 radical (unpaired) electrons.